The molecule has 2 aromatic carbocycles. The van der Waals surface area contributed by atoms with Gasteiger partial charge in [0.1, 0.15) is 0 Å². The smallest absolute Gasteiger partial charge is 0.247 e. The predicted molar refractivity (Wildman–Crippen MR) is 98.5 cm³/mol. The third-order valence-corrected chi connectivity index (χ3v) is 3.98. The molecule has 0 saturated heterocycles. The Morgan fingerprint density at radius 3 is 2.72 bits per heavy atom. The molecule has 0 amide bonds. The number of nitrogens with zero attached hydrogens (tertiary/aromatic N) is 3. The third kappa shape index (κ3) is 3.02. The quantitative estimate of drug-likeness (QED) is 0.500. The molecular formula is C19H17N5O. The molecule has 0 fully saturated rings. The number of para-hydroxylation sites is 2. The number of aromatic nitrogens is 3. The van der Waals surface area contributed by atoms with Crippen molar-refractivity contribution in [2.75, 3.05) is 11.1 Å². The molecule has 2 aromatic heterocycles. The van der Waals surface area contributed by atoms with Gasteiger partial charge in [0.05, 0.1) is 18.0 Å². The van der Waals surface area contributed by atoms with Gasteiger partial charge in [0.2, 0.25) is 5.95 Å². The summed E-state index contributed by atoms with van der Waals surface area (Å²) >= 11 is 0. The SMILES string of the molecule is Nc1ccccc1Nc1nc2ccc(-c3cccc(CO)c3)cn2n1. The summed E-state index contributed by atoms with van der Waals surface area (Å²) in [6.45, 7) is 0.0198. The number of hydrogen-bond acceptors (Lipinski definition) is 5. The van der Waals surface area contributed by atoms with Crippen LogP contribution in [-0.4, -0.2) is 19.7 Å². The lowest BCUT2D eigenvalue weighted by atomic mass is 10.1. The van der Waals surface area contributed by atoms with Crippen LogP contribution in [0, 0.1) is 0 Å². The zero-order valence-electron chi connectivity index (χ0n) is 13.4. The summed E-state index contributed by atoms with van der Waals surface area (Å²) in [5.41, 5.74) is 11.0. The topological polar surface area (TPSA) is 88.5 Å². The zero-order chi connectivity index (χ0) is 17.2. The lowest BCUT2D eigenvalue weighted by molar-refractivity contribution is 0.282. The van der Waals surface area contributed by atoms with Crippen molar-refractivity contribution >= 4 is 23.0 Å². The van der Waals surface area contributed by atoms with Crippen molar-refractivity contribution in [1.82, 2.24) is 14.6 Å². The highest BCUT2D eigenvalue weighted by Crippen LogP contribution is 2.23. The fraction of sp³-hybridized carbons (Fsp3) is 0.0526. The molecular weight excluding hydrogens is 314 g/mol. The lowest BCUT2D eigenvalue weighted by Crippen LogP contribution is -1.97. The number of aliphatic hydroxyl groups excluding tert-OH is 1. The minimum absolute atomic E-state index is 0.0198. The Kier molecular flexibility index (Phi) is 3.80. The minimum atomic E-state index is 0.0198. The van der Waals surface area contributed by atoms with E-state index in [1.54, 1.807) is 4.52 Å². The van der Waals surface area contributed by atoms with Crippen LogP contribution in [0.2, 0.25) is 0 Å². The maximum absolute atomic E-state index is 9.30. The van der Waals surface area contributed by atoms with Crippen molar-refractivity contribution in [3.63, 3.8) is 0 Å². The van der Waals surface area contributed by atoms with Crippen LogP contribution < -0.4 is 11.1 Å². The van der Waals surface area contributed by atoms with Gasteiger partial charge in [-0.1, -0.05) is 30.3 Å². The van der Waals surface area contributed by atoms with Gasteiger partial charge in [-0.2, -0.15) is 4.98 Å². The summed E-state index contributed by atoms with van der Waals surface area (Å²) in [6, 6.07) is 19.2. The second kappa shape index (κ2) is 6.26. The van der Waals surface area contributed by atoms with Gasteiger partial charge in [-0.3, -0.25) is 0 Å². The van der Waals surface area contributed by atoms with Crippen LogP contribution in [0.4, 0.5) is 17.3 Å². The highest BCUT2D eigenvalue weighted by molar-refractivity contribution is 5.71. The fourth-order valence-electron chi connectivity index (χ4n) is 2.69. The molecule has 25 heavy (non-hydrogen) atoms. The average molecular weight is 331 g/mol. The molecule has 0 saturated carbocycles. The molecule has 6 heteroatoms. The van der Waals surface area contributed by atoms with E-state index in [9.17, 15) is 5.11 Å². The Morgan fingerprint density at radius 2 is 1.88 bits per heavy atom. The van der Waals surface area contributed by atoms with E-state index >= 15 is 0 Å². The number of nitrogens with one attached hydrogen (secondary N) is 1. The maximum atomic E-state index is 9.30. The molecule has 0 atom stereocenters. The van der Waals surface area contributed by atoms with Crippen LogP contribution in [0.3, 0.4) is 0 Å². The molecule has 0 aliphatic rings. The largest absolute Gasteiger partial charge is 0.397 e. The molecule has 0 aliphatic heterocycles. The number of hydrogen-bond donors (Lipinski definition) is 3. The van der Waals surface area contributed by atoms with Crippen molar-refractivity contribution in [1.29, 1.82) is 0 Å². The summed E-state index contributed by atoms with van der Waals surface area (Å²) in [4.78, 5) is 4.46. The first kappa shape index (κ1) is 15.2. The number of nitrogens with two attached hydrogens (primary N) is 1. The highest BCUT2D eigenvalue weighted by Gasteiger charge is 2.07. The fourth-order valence-corrected chi connectivity index (χ4v) is 2.69. The third-order valence-electron chi connectivity index (χ3n) is 3.98. The van der Waals surface area contributed by atoms with Gasteiger partial charge in [-0.05, 0) is 41.5 Å². The number of rotatable bonds is 4. The van der Waals surface area contributed by atoms with Crippen molar-refractivity contribution < 1.29 is 5.11 Å². The first-order valence-electron chi connectivity index (χ1n) is 7.91. The summed E-state index contributed by atoms with van der Waals surface area (Å²) in [6.07, 6.45) is 1.92. The first-order chi connectivity index (χ1) is 12.2. The van der Waals surface area contributed by atoms with E-state index in [0.29, 0.717) is 11.6 Å². The Balaban J connectivity index is 1.68. The summed E-state index contributed by atoms with van der Waals surface area (Å²) < 4.78 is 1.72. The summed E-state index contributed by atoms with van der Waals surface area (Å²) in [5.74, 6) is 0.485. The van der Waals surface area contributed by atoms with Gasteiger partial charge in [-0.25, -0.2) is 4.52 Å². The zero-order valence-corrected chi connectivity index (χ0v) is 13.4. The number of aliphatic hydroxyl groups is 1. The predicted octanol–water partition coefficient (Wildman–Crippen LogP) is 3.21. The monoisotopic (exact) mass is 331 g/mol. The number of pyridine rings is 1. The van der Waals surface area contributed by atoms with Crippen LogP contribution in [-0.2, 0) is 6.61 Å². The molecule has 0 spiro atoms. The summed E-state index contributed by atoms with van der Waals surface area (Å²) in [5, 5.41) is 16.9. The minimum Gasteiger partial charge on any atom is -0.397 e. The number of benzene rings is 2. The van der Waals surface area contributed by atoms with Crippen LogP contribution in [0.5, 0.6) is 0 Å². The van der Waals surface area contributed by atoms with E-state index in [1.165, 1.54) is 0 Å². The van der Waals surface area contributed by atoms with Crippen molar-refractivity contribution in [3.05, 3.63) is 72.4 Å². The summed E-state index contributed by atoms with van der Waals surface area (Å²) in [7, 11) is 0. The van der Waals surface area contributed by atoms with Crippen molar-refractivity contribution in [2.24, 2.45) is 0 Å². The molecule has 0 aliphatic carbocycles. The van der Waals surface area contributed by atoms with Gasteiger partial charge in [0.25, 0.3) is 0 Å². The highest BCUT2D eigenvalue weighted by atomic mass is 16.3. The molecule has 4 N–H and O–H groups in total. The number of nitrogen functional groups attached to an aromatic ring is 1. The molecule has 0 radical (unpaired) electrons. The van der Waals surface area contributed by atoms with Gasteiger partial charge >= 0.3 is 0 Å². The first-order valence-corrected chi connectivity index (χ1v) is 7.91. The van der Waals surface area contributed by atoms with E-state index < -0.39 is 0 Å². The molecule has 2 heterocycles. The number of anilines is 3. The van der Waals surface area contributed by atoms with Gasteiger partial charge < -0.3 is 16.2 Å². The Morgan fingerprint density at radius 1 is 1.00 bits per heavy atom. The van der Waals surface area contributed by atoms with Crippen LogP contribution in [0.15, 0.2) is 66.9 Å². The van der Waals surface area contributed by atoms with Crippen molar-refractivity contribution in [3.8, 4) is 11.1 Å². The molecule has 4 rings (SSSR count). The Labute approximate surface area is 144 Å². The molecule has 0 bridgehead atoms. The van der Waals surface area contributed by atoms with Gasteiger partial charge in [0.15, 0.2) is 5.65 Å². The maximum Gasteiger partial charge on any atom is 0.247 e. The molecule has 0 unspecified atom stereocenters. The Bertz CT molecular complexity index is 1040. The van der Waals surface area contributed by atoms with Crippen LogP contribution in [0.25, 0.3) is 16.8 Å². The van der Waals surface area contributed by atoms with Gasteiger partial charge in [-0.15, -0.1) is 5.10 Å². The lowest BCUT2D eigenvalue weighted by Gasteiger charge is -2.04. The second-order valence-electron chi connectivity index (χ2n) is 5.73. The van der Waals surface area contributed by atoms with Gasteiger partial charge in [0, 0.05) is 11.8 Å². The van der Waals surface area contributed by atoms with Crippen LogP contribution >= 0.6 is 0 Å². The van der Waals surface area contributed by atoms with Crippen LogP contribution in [0.1, 0.15) is 5.56 Å². The van der Waals surface area contributed by atoms with Crippen molar-refractivity contribution in [2.45, 2.75) is 6.61 Å². The molecule has 4 aromatic rings. The Hall–Kier alpha value is -3.38. The molecule has 124 valence electrons. The average Bonchev–Trinajstić information content (AvgIpc) is 3.05. The van der Waals surface area contributed by atoms with E-state index in [-0.39, 0.29) is 6.61 Å². The van der Waals surface area contributed by atoms with E-state index in [1.807, 2.05) is 66.9 Å². The van der Waals surface area contributed by atoms with E-state index in [0.717, 1.165) is 28.0 Å². The standard InChI is InChI=1S/C19H17N5O/c20-16-6-1-2-7-17(16)21-19-22-18-9-8-15(11-24(18)23-19)14-5-3-4-13(10-14)12-25/h1-11,25H,12,20H2,(H,21,23). The second-order valence-corrected chi connectivity index (χ2v) is 5.73. The number of fused-ring (bicyclic) bond motifs is 1. The van der Waals surface area contributed by atoms with E-state index in [2.05, 4.69) is 15.4 Å². The van der Waals surface area contributed by atoms with E-state index in [4.69, 9.17) is 5.73 Å². The molecule has 6 nitrogen and oxygen atoms in total. The normalized spacial score (nSPS) is 10.9.